The molecule has 0 radical (unpaired) electrons. The van der Waals surface area contributed by atoms with Crippen LogP contribution in [0.15, 0.2) is 27.0 Å². The molecule has 3 rings (SSSR count). The van der Waals surface area contributed by atoms with Gasteiger partial charge in [-0.05, 0) is 36.1 Å². The number of rotatable bonds is 1. The van der Waals surface area contributed by atoms with E-state index in [1.54, 1.807) is 12.1 Å². The number of hydrogen-bond acceptors (Lipinski definition) is 6. The van der Waals surface area contributed by atoms with Crippen molar-refractivity contribution in [3.8, 4) is 0 Å². The molecule has 0 aromatic heterocycles. The zero-order valence-electron chi connectivity index (χ0n) is 11.8. The summed E-state index contributed by atoms with van der Waals surface area (Å²) in [6.07, 6.45) is 0. The van der Waals surface area contributed by atoms with Crippen LogP contribution in [-0.4, -0.2) is 28.2 Å². The molecule has 1 fully saturated rings. The SMILES string of the molecule is CC(=O)NN1C(=O)C(=C2Sc3cc(Cl)c(Cl)cc3N2C)SC1=S. The van der Waals surface area contributed by atoms with Crippen LogP contribution in [0.2, 0.25) is 10.0 Å². The van der Waals surface area contributed by atoms with Crippen molar-refractivity contribution in [1.29, 1.82) is 0 Å². The number of nitrogens with zero attached hydrogens (tertiary/aromatic N) is 2. The van der Waals surface area contributed by atoms with Crippen molar-refractivity contribution >= 4 is 80.8 Å². The van der Waals surface area contributed by atoms with Gasteiger partial charge in [-0.1, -0.05) is 35.0 Å². The first-order valence-corrected chi connectivity index (χ1v) is 9.07. The standard InChI is InChI=1S/C13H9Cl2N3O2S3/c1-5(19)16-18-11(20)10(23-13(18)21)12-17(2)8-3-6(14)7(15)4-9(8)22-12/h3-4H,1-2H3,(H,16,19). The minimum Gasteiger partial charge on any atom is -0.337 e. The van der Waals surface area contributed by atoms with Gasteiger partial charge in [0.1, 0.15) is 4.91 Å². The zero-order valence-corrected chi connectivity index (χ0v) is 15.8. The highest BCUT2D eigenvalue weighted by atomic mass is 35.5. The van der Waals surface area contributed by atoms with Crippen molar-refractivity contribution in [2.75, 3.05) is 11.9 Å². The molecule has 23 heavy (non-hydrogen) atoms. The molecule has 1 aromatic carbocycles. The molecular weight excluding hydrogens is 397 g/mol. The fourth-order valence-corrected chi connectivity index (χ4v) is 5.01. The van der Waals surface area contributed by atoms with Crippen LogP contribution < -0.4 is 10.3 Å². The predicted molar refractivity (Wildman–Crippen MR) is 98.6 cm³/mol. The van der Waals surface area contributed by atoms with E-state index in [4.69, 9.17) is 35.4 Å². The summed E-state index contributed by atoms with van der Waals surface area (Å²) in [6.45, 7) is 1.32. The highest BCUT2D eigenvalue weighted by Crippen LogP contribution is 2.51. The van der Waals surface area contributed by atoms with Crippen LogP contribution in [0.1, 0.15) is 6.92 Å². The number of fused-ring (bicyclic) bond motifs is 1. The maximum atomic E-state index is 12.5. The molecule has 5 nitrogen and oxygen atoms in total. The van der Waals surface area contributed by atoms with Gasteiger partial charge in [0.2, 0.25) is 5.91 Å². The number of nitrogens with one attached hydrogen (secondary N) is 1. The molecule has 2 aliphatic heterocycles. The number of benzene rings is 1. The maximum Gasteiger partial charge on any atom is 0.287 e. The van der Waals surface area contributed by atoms with Gasteiger partial charge in [0.25, 0.3) is 5.91 Å². The lowest BCUT2D eigenvalue weighted by atomic mass is 10.3. The van der Waals surface area contributed by atoms with Crippen LogP contribution >= 0.6 is 58.9 Å². The Morgan fingerprint density at radius 2 is 1.91 bits per heavy atom. The Bertz CT molecular complexity index is 797. The molecule has 0 unspecified atom stereocenters. The molecular formula is C13H9Cl2N3O2S3. The molecule has 10 heteroatoms. The van der Waals surface area contributed by atoms with Gasteiger partial charge in [0.15, 0.2) is 4.32 Å². The monoisotopic (exact) mass is 405 g/mol. The number of carbonyl (C=O) groups is 2. The predicted octanol–water partition coefficient (Wildman–Crippen LogP) is 3.62. The number of halogens is 2. The normalized spacial score (nSPS) is 20.3. The van der Waals surface area contributed by atoms with Crippen molar-refractivity contribution in [2.45, 2.75) is 11.8 Å². The van der Waals surface area contributed by atoms with E-state index < -0.39 is 0 Å². The first kappa shape index (κ1) is 16.9. The first-order valence-electron chi connectivity index (χ1n) is 6.28. The molecule has 120 valence electrons. The Morgan fingerprint density at radius 1 is 1.26 bits per heavy atom. The Labute approximate surface area is 156 Å². The third-order valence-corrected chi connectivity index (χ3v) is 6.54. The molecule has 0 bridgehead atoms. The number of thiocarbonyl (C=S) groups is 1. The molecule has 0 aliphatic carbocycles. The number of hydrogen-bond donors (Lipinski definition) is 1. The van der Waals surface area contributed by atoms with Gasteiger partial charge in [0, 0.05) is 18.9 Å². The summed E-state index contributed by atoms with van der Waals surface area (Å²) in [4.78, 5) is 26.9. The Morgan fingerprint density at radius 3 is 2.57 bits per heavy atom. The van der Waals surface area contributed by atoms with Crippen molar-refractivity contribution < 1.29 is 9.59 Å². The summed E-state index contributed by atoms with van der Waals surface area (Å²) in [5.74, 6) is -0.712. The molecule has 0 saturated carbocycles. The second-order valence-electron chi connectivity index (χ2n) is 4.71. The van der Waals surface area contributed by atoms with Crippen molar-refractivity contribution in [3.05, 3.63) is 32.1 Å². The summed E-state index contributed by atoms with van der Waals surface area (Å²) in [7, 11) is 1.84. The number of thioether (sulfide) groups is 2. The Balaban J connectivity index is 1.99. The Hall–Kier alpha value is -0.930. The summed E-state index contributed by atoms with van der Waals surface area (Å²) >= 11 is 19.8. The van der Waals surface area contributed by atoms with Gasteiger partial charge in [0.05, 0.1) is 20.8 Å². The van der Waals surface area contributed by atoms with Crippen molar-refractivity contribution in [2.24, 2.45) is 0 Å². The summed E-state index contributed by atoms with van der Waals surface area (Å²) in [5.41, 5.74) is 3.29. The summed E-state index contributed by atoms with van der Waals surface area (Å²) in [6, 6.07) is 3.52. The molecule has 1 N–H and O–H groups in total. The Kier molecular flexibility index (Phi) is 4.54. The first-order chi connectivity index (χ1) is 10.8. The number of anilines is 1. The summed E-state index contributed by atoms with van der Waals surface area (Å²) in [5, 5.41) is 2.72. The van der Waals surface area contributed by atoms with Crippen LogP contribution in [0.4, 0.5) is 5.69 Å². The highest BCUT2D eigenvalue weighted by molar-refractivity contribution is 8.27. The highest BCUT2D eigenvalue weighted by Gasteiger charge is 2.39. The average molecular weight is 406 g/mol. The number of hydrazine groups is 1. The average Bonchev–Trinajstić information content (AvgIpc) is 2.91. The van der Waals surface area contributed by atoms with E-state index in [0.717, 1.165) is 32.4 Å². The van der Waals surface area contributed by atoms with Gasteiger partial charge < -0.3 is 4.90 Å². The number of carbonyl (C=O) groups excluding carboxylic acids is 2. The van der Waals surface area contributed by atoms with Crippen molar-refractivity contribution in [1.82, 2.24) is 10.4 Å². The third-order valence-electron chi connectivity index (χ3n) is 3.11. The molecule has 0 atom stereocenters. The van der Waals surface area contributed by atoms with E-state index in [2.05, 4.69) is 5.43 Å². The fourth-order valence-electron chi connectivity index (χ4n) is 2.09. The molecule has 1 saturated heterocycles. The minimum absolute atomic E-state index is 0.286. The maximum absolute atomic E-state index is 12.5. The van der Waals surface area contributed by atoms with Crippen molar-refractivity contribution in [3.63, 3.8) is 0 Å². The molecule has 2 heterocycles. The minimum atomic E-state index is -0.359. The lowest BCUT2D eigenvalue weighted by Crippen LogP contribution is -2.43. The second kappa shape index (κ2) is 6.18. The smallest absolute Gasteiger partial charge is 0.287 e. The second-order valence-corrected chi connectivity index (χ2v) is 8.20. The van der Waals surface area contributed by atoms with Crippen LogP contribution in [0.3, 0.4) is 0 Å². The van der Waals surface area contributed by atoms with Gasteiger partial charge in [-0.2, -0.15) is 5.01 Å². The fraction of sp³-hybridized carbons (Fsp3) is 0.154. The largest absolute Gasteiger partial charge is 0.337 e. The molecule has 2 amide bonds. The third kappa shape index (κ3) is 2.94. The zero-order chi connectivity index (χ0) is 16.9. The quantitative estimate of drug-likeness (QED) is 0.568. The van der Waals surface area contributed by atoms with Gasteiger partial charge in [-0.15, -0.1) is 0 Å². The van der Waals surface area contributed by atoms with Crippen LogP contribution in [0.25, 0.3) is 0 Å². The van der Waals surface area contributed by atoms with Crippen LogP contribution in [-0.2, 0) is 9.59 Å². The van der Waals surface area contributed by atoms with E-state index >= 15 is 0 Å². The molecule has 1 aromatic rings. The van der Waals surface area contributed by atoms with Crippen LogP contribution in [0, 0.1) is 0 Å². The van der Waals surface area contributed by atoms with Gasteiger partial charge >= 0.3 is 0 Å². The van der Waals surface area contributed by atoms with E-state index in [-0.39, 0.29) is 16.1 Å². The van der Waals surface area contributed by atoms with E-state index in [9.17, 15) is 9.59 Å². The molecule has 0 spiro atoms. The lowest BCUT2D eigenvalue weighted by molar-refractivity contribution is -0.132. The van der Waals surface area contributed by atoms with Gasteiger partial charge in [-0.25, -0.2) is 0 Å². The number of amides is 2. The van der Waals surface area contributed by atoms with Crippen LogP contribution in [0.5, 0.6) is 0 Å². The lowest BCUT2D eigenvalue weighted by Gasteiger charge is -2.16. The van der Waals surface area contributed by atoms with Gasteiger partial charge in [-0.3, -0.25) is 15.0 Å². The molecule has 2 aliphatic rings. The topological polar surface area (TPSA) is 52.7 Å². The summed E-state index contributed by atoms with van der Waals surface area (Å²) < 4.78 is 0.286. The van der Waals surface area contributed by atoms with E-state index in [0.29, 0.717) is 15.0 Å². The van der Waals surface area contributed by atoms with E-state index in [1.807, 2.05) is 11.9 Å². The van der Waals surface area contributed by atoms with E-state index in [1.165, 1.54) is 18.7 Å².